The number of aryl methyl sites for hydroxylation is 1. The van der Waals surface area contributed by atoms with Gasteiger partial charge in [-0.15, -0.1) is 0 Å². The first-order chi connectivity index (χ1) is 16.2. The lowest BCUT2D eigenvalue weighted by atomic mass is 10.1. The Morgan fingerprint density at radius 3 is 2.67 bits per heavy atom. The minimum atomic E-state index is 0.0425. The predicted octanol–water partition coefficient (Wildman–Crippen LogP) is 5.36. The van der Waals surface area contributed by atoms with E-state index in [1.165, 1.54) is 5.56 Å². The van der Waals surface area contributed by atoms with Gasteiger partial charge in [0.1, 0.15) is 24.7 Å². The van der Waals surface area contributed by atoms with Crippen molar-refractivity contribution >= 4 is 17.2 Å². The van der Waals surface area contributed by atoms with E-state index in [0.29, 0.717) is 31.1 Å². The molecule has 0 aliphatic carbocycles. The first-order valence-electron chi connectivity index (χ1n) is 11.4. The van der Waals surface area contributed by atoms with E-state index in [9.17, 15) is 4.79 Å². The first kappa shape index (κ1) is 22.8. The summed E-state index contributed by atoms with van der Waals surface area (Å²) in [6, 6.07) is 17.8. The highest BCUT2D eigenvalue weighted by atomic mass is 16.5. The van der Waals surface area contributed by atoms with Gasteiger partial charge in [0.25, 0.3) is 0 Å². The Labute approximate surface area is 195 Å². The van der Waals surface area contributed by atoms with E-state index >= 15 is 0 Å². The van der Waals surface area contributed by atoms with Gasteiger partial charge < -0.3 is 19.1 Å². The molecule has 0 fully saturated rings. The highest BCUT2D eigenvalue weighted by Crippen LogP contribution is 2.36. The third-order valence-electron chi connectivity index (χ3n) is 5.73. The monoisotopic (exact) mass is 446 g/mol. The first-order valence-corrected chi connectivity index (χ1v) is 11.4. The van der Waals surface area contributed by atoms with E-state index in [1.807, 2.05) is 30.3 Å². The molecule has 0 bridgehead atoms. The van der Waals surface area contributed by atoms with Crippen LogP contribution in [0.3, 0.4) is 0 Å². The Kier molecular flexibility index (Phi) is 7.58. The van der Waals surface area contributed by atoms with Crippen LogP contribution in [0.5, 0.6) is 11.5 Å². The number of fused-ring (bicyclic) bond motifs is 1. The Morgan fingerprint density at radius 1 is 0.970 bits per heavy atom. The molecule has 6 nitrogen and oxygen atoms in total. The van der Waals surface area contributed by atoms with Crippen molar-refractivity contribution in [2.45, 2.75) is 32.8 Å². The van der Waals surface area contributed by atoms with Crippen LogP contribution in [0.2, 0.25) is 0 Å². The van der Waals surface area contributed by atoms with Crippen molar-refractivity contribution in [1.82, 2.24) is 4.98 Å². The minimum Gasteiger partial charge on any atom is -0.491 e. The smallest absolute Gasteiger partial charge is 0.161 e. The maximum Gasteiger partial charge on any atom is 0.161 e. The summed E-state index contributed by atoms with van der Waals surface area (Å²) in [6.07, 6.45) is 4.95. The molecule has 6 heteroatoms. The lowest BCUT2D eigenvalue weighted by Gasteiger charge is -2.27. The van der Waals surface area contributed by atoms with E-state index in [0.717, 1.165) is 48.6 Å². The average molecular weight is 447 g/mol. The van der Waals surface area contributed by atoms with Crippen molar-refractivity contribution in [2.75, 3.05) is 31.8 Å². The van der Waals surface area contributed by atoms with Crippen molar-refractivity contribution in [3.63, 3.8) is 0 Å². The molecule has 0 N–H and O–H groups in total. The topological polar surface area (TPSA) is 60.9 Å². The molecule has 4 rings (SSSR count). The molecule has 2 aromatic carbocycles. The number of para-hydroxylation sites is 1. The Bertz CT molecular complexity index is 1100. The summed E-state index contributed by atoms with van der Waals surface area (Å²) in [6.45, 7) is 3.79. The van der Waals surface area contributed by atoms with Gasteiger partial charge in [0.15, 0.2) is 5.78 Å². The number of benzene rings is 2. The fraction of sp³-hybridized carbons (Fsp3) is 0.333. The summed E-state index contributed by atoms with van der Waals surface area (Å²) in [7, 11) is 1.64. The van der Waals surface area contributed by atoms with Crippen LogP contribution in [0.1, 0.15) is 41.4 Å². The molecule has 1 aromatic heterocycles. The van der Waals surface area contributed by atoms with Crippen molar-refractivity contribution in [1.29, 1.82) is 0 Å². The molecular weight excluding hydrogens is 416 g/mol. The molecular formula is C27H30N2O4. The number of rotatable bonds is 9. The van der Waals surface area contributed by atoms with Gasteiger partial charge in [-0.3, -0.25) is 9.78 Å². The number of Topliss-reactive ketones (excluding diaryl/α,β-unsaturated/α-hetero) is 1. The molecule has 0 saturated carbocycles. The number of hydrogen-bond acceptors (Lipinski definition) is 6. The largest absolute Gasteiger partial charge is 0.491 e. The minimum absolute atomic E-state index is 0.0425. The zero-order valence-electron chi connectivity index (χ0n) is 19.3. The molecule has 0 radical (unpaired) electrons. The van der Waals surface area contributed by atoms with Crippen LogP contribution in [0, 0.1) is 0 Å². The normalized spacial score (nSPS) is 13.2. The number of hydrogen-bond donors (Lipinski definition) is 0. The molecule has 33 heavy (non-hydrogen) atoms. The highest BCUT2D eigenvalue weighted by molar-refractivity contribution is 6.01. The van der Waals surface area contributed by atoms with Gasteiger partial charge in [0, 0.05) is 43.2 Å². The van der Waals surface area contributed by atoms with Crippen LogP contribution >= 0.6 is 0 Å². The van der Waals surface area contributed by atoms with E-state index < -0.39 is 0 Å². The molecule has 1 aliphatic heterocycles. The lowest BCUT2D eigenvalue weighted by molar-refractivity contribution is 0.101. The Balaban J connectivity index is 1.56. The predicted molar refractivity (Wildman–Crippen MR) is 129 cm³/mol. The van der Waals surface area contributed by atoms with Gasteiger partial charge in [0.05, 0.1) is 18.0 Å². The van der Waals surface area contributed by atoms with E-state index in [-0.39, 0.29) is 5.78 Å². The van der Waals surface area contributed by atoms with Gasteiger partial charge in [-0.2, -0.15) is 0 Å². The maximum absolute atomic E-state index is 12.4. The third-order valence-corrected chi connectivity index (χ3v) is 5.73. The number of nitrogens with zero attached hydrogens (tertiary/aromatic N) is 2. The number of ether oxygens (including phenoxy) is 3. The Morgan fingerprint density at radius 2 is 1.82 bits per heavy atom. The summed E-state index contributed by atoms with van der Waals surface area (Å²) < 4.78 is 16.8. The zero-order chi connectivity index (χ0) is 23.0. The van der Waals surface area contributed by atoms with Crippen molar-refractivity contribution in [2.24, 2.45) is 0 Å². The molecule has 2 heterocycles. The van der Waals surface area contributed by atoms with Crippen LogP contribution in [0.15, 0.2) is 60.8 Å². The van der Waals surface area contributed by atoms with Gasteiger partial charge in [-0.1, -0.05) is 18.2 Å². The summed E-state index contributed by atoms with van der Waals surface area (Å²) in [4.78, 5) is 19.1. The van der Waals surface area contributed by atoms with Crippen LogP contribution in [0.4, 0.5) is 11.4 Å². The van der Waals surface area contributed by atoms with Crippen LogP contribution in [0.25, 0.3) is 0 Å². The molecule has 0 amide bonds. The fourth-order valence-electron chi connectivity index (χ4n) is 4.09. The number of aromatic nitrogens is 1. The van der Waals surface area contributed by atoms with Crippen LogP contribution in [-0.2, 0) is 17.8 Å². The molecule has 3 aromatic rings. The molecule has 172 valence electrons. The third kappa shape index (κ3) is 5.71. The van der Waals surface area contributed by atoms with Crippen LogP contribution < -0.4 is 14.4 Å². The Hall–Kier alpha value is -3.38. The van der Waals surface area contributed by atoms with Gasteiger partial charge in [-0.25, -0.2) is 0 Å². The number of pyridine rings is 1. The van der Waals surface area contributed by atoms with Crippen molar-refractivity contribution in [3.8, 4) is 11.5 Å². The second-order valence-corrected chi connectivity index (χ2v) is 8.09. The van der Waals surface area contributed by atoms with Crippen LogP contribution in [-0.4, -0.2) is 37.6 Å². The summed E-state index contributed by atoms with van der Waals surface area (Å²) >= 11 is 0. The summed E-state index contributed by atoms with van der Waals surface area (Å²) in [5.74, 6) is 1.47. The SMILES string of the molecule is COCCOc1ccnc(COc2ccc(C(C)=O)c(N3CCCCc4ccccc43)c2)c1. The second kappa shape index (κ2) is 11.0. The number of carbonyl (C=O) groups is 1. The maximum atomic E-state index is 12.4. The molecule has 0 spiro atoms. The van der Waals surface area contributed by atoms with Gasteiger partial charge in [0.2, 0.25) is 0 Å². The number of carbonyl (C=O) groups excluding carboxylic acids is 1. The number of ketones is 1. The number of anilines is 2. The highest BCUT2D eigenvalue weighted by Gasteiger charge is 2.21. The quantitative estimate of drug-likeness (QED) is 0.326. The molecule has 1 aliphatic rings. The lowest BCUT2D eigenvalue weighted by Crippen LogP contribution is -2.20. The zero-order valence-corrected chi connectivity index (χ0v) is 19.3. The molecule has 0 saturated heterocycles. The van der Waals surface area contributed by atoms with Gasteiger partial charge in [-0.05, 0) is 56.0 Å². The number of methoxy groups -OCH3 is 1. The fourth-order valence-corrected chi connectivity index (χ4v) is 4.09. The summed E-state index contributed by atoms with van der Waals surface area (Å²) in [5, 5.41) is 0. The van der Waals surface area contributed by atoms with Crippen molar-refractivity contribution < 1.29 is 19.0 Å². The second-order valence-electron chi connectivity index (χ2n) is 8.09. The van der Waals surface area contributed by atoms with E-state index in [1.54, 1.807) is 20.2 Å². The van der Waals surface area contributed by atoms with Gasteiger partial charge >= 0.3 is 0 Å². The van der Waals surface area contributed by atoms with E-state index in [4.69, 9.17) is 14.2 Å². The van der Waals surface area contributed by atoms with E-state index in [2.05, 4.69) is 34.1 Å². The molecule has 0 atom stereocenters. The average Bonchev–Trinajstić information content (AvgIpc) is 3.05. The van der Waals surface area contributed by atoms with Crippen molar-refractivity contribution in [3.05, 3.63) is 77.6 Å². The standard InChI is InChI=1S/C27H30N2O4/c1-20(30)25-11-10-23(33-19-22-17-24(12-13-28-22)32-16-15-31-2)18-27(25)29-14-6-5-8-21-7-3-4-9-26(21)29/h3-4,7,9-13,17-18H,5-6,8,14-16,19H2,1-2H3. The molecule has 0 unspecified atom stereocenters. The summed E-state index contributed by atoms with van der Waals surface area (Å²) in [5.41, 5.74) is 4.83.